The molecule has 0 saturated carbocycles. The molecule has 0 unspecified atom stereocenters. The van der Waals surface area contributed by atoms with Crippen molar-refractivity contribution in [1.82, 2.24) is 10.3 Å². The lowest BCUT2D eigenvalue weighted by molar-refractivity contribution is -0.148. The van der Waals surface area contributed by atoms with Crippen LogP contribution in [0.2, 0.25) is 0 Å². The summed E-state index contributed by atoms with van der Waals surface area (Å²) in [5.41, 5.74) is 1.50. The van der Waals surface area contributed by atoms with E-state index in [1.807, 2.05) is 13.0 Å². The van der Waals surface area contributed by atoms with Gasteiger partial charge in [-0.3, -0.25) is 0 Å². The van der Waals surface area contributed by atoms with Crippen molar-refractivity contribution >= 4 is 0 Å². The number of nitrogens with one attached hydrogen (secondary N) is 1. The second kappa shape index (κ2) is 7.42. The lowest BCUT2D eigenvalue weighted by Gasteiger charge is -2.16. The SMILES string of the molecule is CCCc1cc(CNC)cc(OCC(F)(F)C(F)F)n1. The van der Waals surface area contributed by atoms with Crippen molar-refractivity contribution in [3.8, 4) is 5.88 Å². The number of nitrogens with zero attached hydrogens (tertiary/aromatic N) is 1. The van der Waals surface area contributed by atoms with Crippen LogP contribution in [0.3, 0.4) is 0 Å². The molecular formula is C13H18F4N2O. The first-order chi connectivity index (χ1) is 9.39. The number of rotatable bonds is 8. The Bertz CT molecular complexity index is 403. The van der Waals surface area contributed by atoms with Crippen LogP contribution < -0.4 is 10.1 Å². The van der Waals surface area contributed by atoms with Crippen LogP contribution in [-0.4, -0.2) is 31.0 Å². The van der Waals surface area contributed by atoms with Gasteiger partial charge in [0.1, 0.15) is 0 Å². The molecule has 0 radical (unpaired) electrons. The number of pyridine rings is 1. The van der Waals surface area contributed by atoms with Gasteiger partial charge in [0.2, 0.25) is 5.88 Å². The summed E-state index contributed by atoms with van der Waals surface area (Å²) in [6.07, 6.45) is -2.25. The van der Waals surface area contributed by atoms with Crippen LogP contribution in [0.5, 0.6) is 5.88 Å². The third-order valence-electron chi connectivity index (χ3n) is 2.53. The van der Waals surface area contributed by atoms with Crippen molar-refractivity contribution < 1.29 is 22.3 Å². The van der Waals surface area contributed by atoms with Gasteiger partial charge in [0, 0.05) is 18.3 Å². The number of alkyl halides is 4. The van der Waals surface area contributed by atoms with E-state index in [2.05, 4.69) is 10.3 Å². The summed E-state index contributed by atoms with van der Waals surface area (Å²) < 4.78 is 54.5. The monoisotopic (exact) mass is 294 g/mol. The number of ether oxygens (including phenoxy) is 1. The zero-order valence-corrected chi connectivity index (χ0v) is 11.4. The van der Waals surface area contributed by atoms with Gasteiger partial charge in [0.15, 0.2) is 6.61 Å². The van der Waals surface area contributed by atoms with E-state index >= 15 is 0 Å². The van der Waals surface area contributed by atoms with Crippen molar-refractivity contribution in [2.24, 2.45) is 0 Å². The quantitative estimate of drug-likeness (QED) is 0.748. The molecule has 0 saturated heterocycles. The minimum Gasteiger partial charge on any atom is -0.471 e. The minimum absolute atomic E-state index is 0.0541. The van der Waals surface area contributed by atoms with Crippen molar-refractivity contribution in [1.29, 1.82) is 0 Å². The normalized spacial score (nSPS) is 11.9. The summed E-state index contributed by atoms with van der Waals surface area (Å²) >= 11 is 0. The highest BCUT2D eigenvalue weighted by atomic mass is 19.3. The predicted molar refractivity (Wildman–Crippen MR) is 67.4 cm³/mol. The molecule has 1 N–H and O–H groups in total. The fraction of sp³-hybridized carbons (Fsp3) is 0.615. The Morgan fingerprint density at radius 2 is 2.05 bits per heavy atom. The third-order valence-corrected chi connectivity index (χ3v) is 2.53. The molecule has 1 heterocycles. The zero-order valence-electron chi connectivity index (χ0n) is 11.4. The fourth-order valence-corrected chi connectivity index (χ4v) is 1.62. The van der Waals surface area contributed by atoms with Crippen LogP contribution in [0.1, 0.15) is 24.6 Å². The largest absolute Gasteiger partial charge is 0.471 e. The highest BCUT2D eigenvalue weighted by molar-refractivity contribution is 5.25. The highest BCUT2D eigenvalue weighted by Crippen LogP contribution is 2.24. The second-order valence-corrected chi connectivity index (χ2v) is 4.44. The summed E-state index contributed by atoms with van der Waals surface area (Å²) in [6.45, 7) is 1.09. The molecule has 0 bridgehead atoms. The van der Waals surface area contributed by atoms with E-state index < -0.39 is 19.0 Å². The van der Waals surface area contributed by atoms with Gasteiger partial charge in [-0.05, 0) is 25.1 Å². The van der Waals surface area contributed by atoms with E-state index in [4.69, 9.17) is 4.74 Å². The summed E-state index contributed by atoms with van der Waals surface area (Å²) in [6, 6.07) is 3.30. The van der Waals surface area contributed by atoms with Crippen LogP contribution in [0.25, 0.3) is 0 Å². The van der Waals surface area contributed by atoms with Gasteiger partial charge < -0.3 is 10.1 Å². The van der Waals surface area contributed by atoms with Gasteiger partial charge in [-0.15, -0.1) is 0 Å². The smallest absolute Gasteiger partial charge is 0.340 e. The van der Waals surface area contributed by atoms with Crippen LogP contribution >= 0.6 is 0 Å². The number of aryl methyl sites for hydroxylation is 1. The molecule has 114 valence electrons. The fourth-order valence-electron chi connectivity index (χ4n) is 1.62. The summed E-state index contributed by atoms with van der Waals surface area (Å²) in [5.74, 6) is -4.23. The first-order valence-corrected chi connectivity index (χ1v) is 6.32. The molecule has 3 nitrogen and oxygen atoms in total. The average molecular weight is 294 g/mol. The van der Waals surface area contributed by atoms with Gasteiger partial charge in [-0.25, -0.2) is 13.8 Å². The first-order valence-electron chi connectivity index (χ1n) is 6.32. The molecule has 0 amide bonds. The van der Waals surface area contributed by atoms with Crippen molar-refractivity contribution in [2.75, 3.05) is 13.7 Å². The second-order valence-electron chi connectivity index (χ2n) is 4.44. The van der Waals surface area contributed by atoms with E-state index in [0.29, 0.717) is 18.7 Å². The van der Waals surface area contributed by atoms with Crippen LogP contribution in [0, 0.1) is 0 Å². The Hall–Kier alpha value is -1.37. The summed E-state index contributed by atoms with van der Waals surface area (Å²) in [7, 11) is 1.74. The van der Waals surface area contributed by atoms with Gasteiger partial charge in [-0.2, -0.15) is 8.78 Å². The lowest BCUT2D eigenvalue weighted by atomic mass is 10.1. The van der Waals surface area contributed by atoms with Gasteiger partial charge >= 0.3 is 12.3 Å². The molecule has 0 aliphatic heterocycles. The van der Waals surface area contributed by atoms with E-state index in [0.717, 1.165) is 12.0 Å². The third kappa shape index (κ3) is 4.96. The topological polar surface area (TPSA) is 34.1 Å². The van der Waals surface area contributed by atoms with Crippen molar-refractivity contribution in [3.63, 3.8) is 0 Å². The van der Waals surface area contributed by atoms with Gasteiger partial charge in [-0.1, -0.05) is 13.3 Å². The zero-order chi connectivity index (χ0) is 15.2. The standard InChI is InChI=1S/C13H18F4N2O/c1-3-4-10-5-9(7-18-2)6-11(19-10)20-8-13(16,17)12(14)15/h5-6,12,18H,3-4,7-8H2,1-2H3. The maximum atomic E-state index is 12.8. The first kappa shape index (κ1) is 16.7. The Labute approximate surface area is 115 Å². The van der Waals surface area contributed by atoms with E-state index in [1.54, 1.807) is 7.05 Å². The van der Waals surface area contributed by atoms with Crippen LogP contribution in [0.15, 0.2) is 12.1 Å². The highest BCUT2D eigenvalue weighted by Gasteiger charge is 2.41. The molecule has 0 spiro atoms. The number of hydrogen-bond donors (Lipinski definition) is 1. The molecule has 1 rings (SSSR count). The van der Waals surface area contributed by atoms with Gasteiger partial charge in [0.05, 0.1) is 0 Å². The summed E-state index contributed by atoms with van der Waals surface area (Å²) in [5, 5.41) is 2.92. The molecule has 0 aromatic carbocycles. The van der Waals surface area contributed by atoms with Crippen molar-refractivity contribution in [2.45, 2.75) is 38.7 Å². The minimum atomic E-state index is -4.17. The Morgan fingerprint density at radius 1 is 1.35 bits per heavy atom. The Kier molecular flexibility index (Phi) is 6.19. The Balaban J connectivity index is 2.82. The number of aromatic nitrogens is 1. The van der Waals surface area contributed by atoms with Gasteiger partial charge in [0.25, 0.3) is 0 Å². The molecule has 1 aromatic heterocycles. The maximum absolute atomic E-state index is 12.8. The number of halogens is 4. The van der Waals surface area contributed by atoms with E-state index in [9.17, 15) is 17.6 Å². The maximum Gasteiger partial charge on any atom is 0.340 e. The van der Waals surface area contributed by atoms with Crippen LogP contribution in [0.4, 0.5) is 17.6 Å². The molecular weight excluding hydrogens is 276 g/mol. The van der Waals surface area contributed by atoms with Crippen LogP contribution in [-0.2, 0) is 13.0 Å². The average Bonchev–Trinajstić information content (AvgIpc) is 2.37. The molecule has 0 aliphatic carbocycles. The lowest BCUT2D eigenvalue weighted by Crippen LogP contribution is -2.34. The van der Waals surface area contributed by atoms with E-state index in [1.165, 1.54) is 6.07 Å². The molecule has 7 heteroatoms. The predicted octanol–water partition coefficient (Wildman–Crippen LogP) is 3.03. The number of hydrogen-bond acceptors (Lipinski definition) is 3. The molecule has 20 heavy (non-hydrogen) atoms. The van der Waals surface area contributed by atoms with E-state index in [-0.39, 0.29) is 5.88 Å². The molecule has 0 aliphatic rings. The summed E-state index contributed by atoms with van der Waals surface area (Å²) in [4.78, 5) is 4.04. The molecule has 0 fully saturated rings. The molecule has 1 aromatic rings. The molecule has 0 atom stereocenters. The Morgan fingerprint density at radius 3 is 2.60 bits per heavy atom. The van der Waals surface area contributed by atoms with Crippen molar-refractivity contribution in [3.05, 3.63) is 23.4 Å².